The first-order valence-corrected chi connectivity index (χ1v) is 6.47. The Balaban J connectivity index is 2.14. The third-order valence-electron chi connectivity index (χ3n) is 3.37. The molecule has 0 unspecified atom stereocenters. The smallest absolute Gasteiger partial charge is 0.269 e. The monoisotopic (exact) mass is 306 g/mol. The number of rotatable bonds is 2. The summed E-state index contributed by atoms with van der Waals surface area (Å²) in [6, 6.07) is 9.92. The first kappa shape index (κ1) is 11.5. The van der Waals surface area contributed by atoms with Crippen LogP contribution in [0.3, 0.4) is 0 Å². The SMILES string of the molecule is O=c1[nH]c(C2(c3ccccc3)CC2)nc(O)c1Br. The van der Waals surface area contributed by atoms with Gasteiger partial charge in [-0.05, 0) is 34.3 Å². The van der Waals surface area contributed by atoms with E-state index in [1.165, 1.54) is 0 Å². The van der Waals surface area contributed by atoms with Crippen LogP contribution >= 0.6 is 15.9 Å². The molecule has 1 saturated carbocycles. The number of hydrogen-bond acceptors (Lipinski definition) is 3. The van der Waals surface area contributed by atoms with Crippen LogP contribution in [0.2, 0.25) is 0 Å². The summed E-state index contributed by atoms with van der Waals surface area (Å²) in [5, 5.41) is 9.64. The van der Waals surface area contributed by atoms with Gasteiger partial charge in [-0.3, -0.25) is 4.79 Å². The van der Waals surface area contributed by atoms with Crippen LogP contribution in [-0.4, -0.2) is 15.1 Å². The van der Waals surface area contributed by atoms with Crippen molar-refractivity contribution in [3.8, 4) is 5.88 Å². The number of aromatic nitrogens is 2. The van der Waals surface area contributed by atoms with Crippen LogP contribution < -0.4 is 5.56 Å². The number of halogens is 1. The molecule has 0 saturated heterocycles. The van der Waals surface area contributed by atoms with Gasteiger partial charge in [-0.2, -0.15) is 4.98 Å². The Labute approximate surface area is 112 Å². The molecule has 1 aromatic carbocycles. The van der Waals surface area contributed by atoms with Crippen molar-refractivity contribution >= 4 is 15.9 Å². The minimum absolute atomic E-state index is 0.0788. The average molecular weight is 307 g/mol. The summed E-state index contributed by atoms with van der Waals surface area (Å²) >= 11 is 3.00. The summed E-state index contributed by atoms with van der Waals surface area (Å²) in [5.41, 5.74) is 0.535. The number of benzene rings is 1. The lowest BCUT2D eigenvalue weighted by Gasteiger charge is -2.15. The zero-order valence-corrected chi connectivity index (χ0v) is 11.1. The van der Waals surface area contributed by atoms with Crippen molar-refractivity contribution in [2.75, 3.05) is 0 Å². The molecule has 0 aliphatic heterocycles. The third kappa shape index (κ3) is 1.66. The highest BCUT2D eigenvalue weighted by Gasteiger charge is 2.48. The molecule has 18 heavy (non-hydrogen) atoms. The second-order valence-corrected chi connectivity index (χ2v) is 5.29. The van der Waals surface area contributed by atoms with Crippen LogP contribution in [0.4, 0.5) is 0 Å². The molecule has 1 fully saturated rings. The van der Waals surface area contributed by atoms with Gasteiger partial charge in [0.1, 0.15) is 10.3 Å². The third-order valence-corrected chi connectivity index (χ3v) is 4.09. The molecule has 1 aliphatic carbocycles. The average Bonchev–Trinajstić information content (AvgIpc) is 3.18. The number of H-pyrrole nitrogens is 1. The fourth-order valence-electron chi connectivity index (χ4n) is 2.22. The first-order valence-electron chi connectivity index (χ1n) is 5.68. The number of aromatic hydroxyl groups is 1. The van der Waals surface area contributed by atoms with Gasteiger partial charge in [-0.1, -0.05) is 30.3 Å². The van der Waals surface area contributed by atoms with Gasteiger partial charge in [0.05, 0.1) is 5.41 Å². The lowest BCUT2D eigenvalue weighted by molar-refractivity contribution is 0.441. The van der Waals surface area contributed by atoms with E-state index >= 15 is 0 Å². The molecule has 1 aromatic heterocycles. The number of hydrogen-bond donors (Lipinski definition) is 2. The molecule has 0 spiro atoms. The molecule has 3 rings (SSSR count). The maximum Gasteiger partial charge on any atom is 0.269 e. The van der Waals surface area contributed by atoms with E-state index in [0.29, 0.717) is 5.82 Å². The highest BCUT2D eigenvalue weighted by atomic mass is 79.9. The van der Waals surface area contributed by atoms with Crippen LogP contribution in [-0.2, 0) is 5.41 Å². The Bertz CT molecular complexity index is 648. The predicted octanol–water partition coefficient (Wildman–Crippen LogP) is 2.32. The molecule has 1 aliphatic rings. The zero-order chi connectivity index (χ0) is 12.8. The summed E-state index contributed by atoms with van der Waals surface area (Å²) in [5.74, 6) is 0.287. The topological polar surface area (TPSA) is 66.0 Å². The van der Waals surface area contributed by atoms with Gasteiger partial charge in [0.15, 0.2) is 0 Å². The summed E-state index contributed by atoms with van der Waals surface area (Å²) in [4.78, 5) is 18.5. The molecule has 2 N–H and O–H groups in total. The Morgan fingerprint density at radius 3 is 2.50 bits per heavy atom. The van der Waals surface area contributed by atoms with Gasteiger partial charge < -0.3 is 10.1 Å². The zero-order valence-electron chi connectivity index (χ0n) is 9.48. The highest BCUT2D eigenvalue weighted by molar-refractivity contribution is 9.10. The summed E-state index contributed by atoms with van der Waals surface area (Å²) < 4.78 is 0.0788. The Morgan fingerprint density at radius 1 is 1.28 bits per heavy atom. The largest absolute Gasteiger partial charge is 0.492 e. The molecule has 4 nitrogen and oxygen atoms in total. The lowest BCUT2D eigenvalue weighted by atomic mass is 9.95. The lowest BCUT2D eigenvalue weighted by Crippen LogP contribution is -2.20. The van der Waals surface area contributed by atoms with Gasteiger partial charge in [-0.25, -0.2) is 0 Å². The van der Waals surface area contributed by atoms with Crippen molar-refractivity contribution in [2.45, 2.75) is 18.3 Å². The van der Waals surface area contributed by atoms with E-state index < -0.39 is 0 Å². The fraction of sp³-hybridized carbons (Fsp3) is 0.231. The van der Waals surface area contributed by atoms with Crippen molar-refractivity contribution in [2.24, 2.45) is 0 Å². The minimum Gasteiger partial charge on any atom is -0.492 e. The highest BCUT2D eigenvalue weighted by Crippen LogP contribution is 2.52. The van der Waals surface area contributed by atoms with Crippen LogP contribution in [0.25, 0.3) is 0 Å². The number of aromatic amines is 1. The van der Waals surface area contributed by atoms with E-state index in [9.17, 15) is 9.90 Å². The molecule has 2 aromatic rings. The van der Waals surface area contributed by atoms with Crippen molar-refractivity contribution in [3.05, 3.63) is 56.5 Å². The molecule has 5 heteroatoms. The number of nitrogens with one attached hydrogen (secondary N) is 1. The first-order chi connectivity index (χ1) is 8.63. The minimum atomic E-state index is -0.347. The van der Waals surface area contributed by atoms with Crippen LogP contribution in [0.1, 0.15) is 24.2 Å². The molecular weight excluding hydrogens is 296 g/mol. The summed E-state index contributed by atoms with van der Waals surface area (Å²) in [6.45, 7) is 0. The molecule has 92 valence electrons. The molecular formula is C13H11BrN2O2. The van der Waals surface area contributed by atoms with Crippen LogP contribution in [0, 0.1) is 0 Å². The van der Waals surface area contributed by atoms with E-state index in [1.807, 2.05) is 30.3 Å². The van der Waals surface area contributed by atoms with E-state index in [1.54, 1.807) is 0 Å². The van der Waals surface area contributed by atoms with Crippen molar-refractivity contribution in [1.82, 2.24) is 9.97 Å². The molecule has 0 amide bonds. The van der Waals surface area contributed by atoms with E-state index in [-0.39, 0.29) is 21.3 Å². The van der Waals surface area contributed by atoms with Crippen molar-refractivity contribution in [3.63, 3.8) is 0 Å². The van der Waals surface area contributed by atoms with Crippen LogP contribution in [0.15, 0.2) is 39.6 Å². The molecule has 0 atom stereocenters. The van der Waals surface area contributed by atoms with Gasteiger partial charge in [0, 0.05) is 0 Å². The normalized spacial score (nSPS) is 16.5. The van der Waals surface area contributed by atoms with Gasteiger partial charge in [0.25, 0.3) is 5.56 Å². The van der Waals surface area contributed by atoms with Gasteiger partial charge >= 0.3 is 0 Å². The Hall–Kier alpha value is -1.62. The summed E-state index contributed by atoms with van der Waals surface area (Å²) in [7, 11) is 0. The fourth-order valence-corrected chi connectivity index (χ4v) is 2.41. The number of nitrogens with zero attached hydrogens (tertiary/aromatic N) is 1. The van der Waals surface area contributed by atoms with E-state index in [0.717, 1.165) is 18.4 Å². The molecule has 0 radical (unpaired) electrons. The van der Waals surface area contributed by atoms with Crippen LogP contribution in [0.5, 0.6) is 5.88 Å². The van der Waals surface area contributed by atoms with E-state index in [4.69, 9.17) is 0 Å². The molecule has 1 heterocycles. The van der Waals surface area contributed by atoms with Gasteiger partial charge in [-0.15, -0.1) is 0 Å². The Morgan fingerprint density at radius 2 is 1.94 bits per heavy atom. The van der Waals surface area contributed by atoms with Crippen molar-refractivity contribution < 1.29 is 5.11 Å². The second-order valence-electron chi connectivity index (χ2n) is 4.50. The standard InChI is InChI=1S/C13H11BrN2O2/c14-9-10(17)15-12(16-11(9)18)13(6-7-13)8-4-2-1-3-5-8/h1-5H,6-7H2,(H2,15,16,17,18). The van der Waals surface area contributed by atoms with Gasteiger partial charge in [0.2, 0.25) is 5.88 Å². The van der Waals surface area contributed by atoms with E-state index in [2.05, 4.69) is 25.9 Å². The van der Waals surface area contributed by atoms with Crippen molar-refractivity contribution in [1.29, 1.82) is 0 Å². The maximum absolute atomic E-state index is 11.7. The second kappa shape index (κ2) is 3.95. The summed E-state index contributed by atoms with van der Waals surface area (Å²) in [6.07, 6.45) is 1.86. The quantitative estimate of drug-likeness (QED) is 0.895. The Kier molecular flexibility index (Phi) is 2.52. The molecule has 0 bridgehead atoms. The maximum atomic E-state index is 11.7. The predicted molar refractivity (Wildman–Crippen MR) is 70.7 cm³/mol.